The molecule has 0 rings (SSSR count). The van der Waals surface area contributed by atoms with E-state index in [1.165, 1.54) is 0 Å². The van der Waals surface area contributed by atoms with Gasteiger partial charge in [-0.05, 0) is 19.8 Å². The van der Waals surface area contributed by atoms with Crippen LogP contribution in [-0.4, -0.2) is 13.0 Å². The third kappa shape index (κ3) is 7.06. The number of allylic oxidation sites excluding steroid dienone is 2. The summed E-state index contributed by atoms with van der Waals surface area (Å²) in [5.74, 6) is -0.197. The van der Waals surface area contributed by atoms with E-state index in [4.69, 9.17) is 0 Å². The summed E-state index contributed by atoms with van der Waals surface area (Å²) < 4.78 is 0. The van der Waals surface area contributed by atoms with Crippen molar-refractivity contribution in [3.63, 3.8) is 0 Å². The summed E-state index contributed by atoms with van der Waals surface area (Å²) in [6.45, 7) is 1.96. The molecule has 1 N–H and O–H groups in total. The lowest BCUT2D eigenvalue weighted by Crippen LogP contribution is -2.14. The molecule has 0 aromatic rings. The lowest BCUT2D eigenvalue weighted by Gasteiger charge is -1.98. The molecule has 11 heavy (non-hydrogen) atoms. The molecule has 0 saturated carbocycles. The summed E-state index contributed by atoms with van der Waals surface area (Å²) in [6, 6.07) is 0. The SMILES string of the molecule is C/C=C\CCCC(=O)ONC. The predicted octanol–water partition coefficient (Wildman–Crippen LogP) is 1.41. The maximum Gasteiger partial charge on any atom is 0.324 e. The molecule has 64 valence electrons. The summed E-state index contributed by atoms with van der Waals surface area (Å²) in [4.78, 5) is 15.2. The number of hydrogen-bond donors (Lipinski definition) is 1. The smallest absolute Gasteiger partial charge is 0.324 e. The quantitative estimate of drug-likeness (QED) is 0.372. The van der Waals surface area contributed by atoms with Crippen molar-refractivity contribution in [2.24, 2.45) is 0 Å². The third-order valence-corrected chi connectivity index (χ3v) is 1.20. The highest BCUT2D eigenvalue weighted by molar-refractivity contribution is 5.68. The zero-order valence-electron chi connectivity index (χ0n) is 7.09. The highest BCUT2D eigenvalue weighted by Gasteiger charge is 1.98. The lowest BCUT2D eigenvalue weighted by atomic mass is 10.2. The van der Waals surface area contributed by atoms with Gasteiger partial charge in [0.05, 0.1) is 0 Å². The van der Waals surface area contributed by atoms with Gasteiger partial charge in [0.25, 0.3) is 0 Å². The first-order valence-electron chi connectivity index (χ1n) is 3.78. The number of carbonyl (C=O) groups excluding carboxylic acids is 1. The van der Waals surface area contributed by atoms with E-state index in [-0.39, 0.29) is 5.97 Å². The number of unbranched alkanes of at least 4 members (excludes halogenated alkanes) is 1. The predicted molar refractivity (Wildman–Crippen MR) is 43.8 cm³/mol. The topological polar surface area (TPSA) is 38.3 Å². The van der Waals surface area contributed by atoms with E-state index in [2.05, 4.69) is 10.3 Å². The standard InChI is InChI=1S/C8H15NO2/c1-3-4-5-6-7-8(10)11-9-2/h3-4,9H,5-7H2,1-2H3/b4-3-. The summed E-state index contributed by atoms with van der Waals surface area (Å²) in [5, 5.41) is 0. The first-order valence-corrected chi connectivity index (χ1v) is 3.78. The van der Waals surface area contributed by atoms with Crippen LogP contribution in [-0.2, 0) is 9.63 Å². The Morgan fingerprint density at radius 3 is 2.91 bits per heavy atom. The fourth-order valence-corrected chi connectivity index (χ4v) is 0.696. The zero-order valence-corrected chi connectivity index (χ0v) is 7.09. The van der Waals surface area contributed by atoms with Crippen LogP contribution in [0.3, 0.4) is 0 Å². The minimum Gasteiger partial charge on any atom is -0.371 e. The average Bonchev–Trinajstić information content (AvgIpc) is 1.99. The maximum atomic E-state index is 10.7. The first-order chi connectivity index (χ1) is 5.31. The Morgan fingerprint density at radius 1 is 1.64 bits per heavy atom. The van der Waals surface area contributed by atoms with Crippen molar-refractivity contribution < 1.29 is 9.63 Å². The Morgan fingerprint density at radius 2 is 2.36 bits per heavy atom. The molecule has 0 heterocycles. The van der Waals surface area contributed by atoms with Crippen molar-refractivity contribution in [3.8, 4) is 0 Å². The molecule has 0 aliphatic heterocycles. The number of rotatable bonds is 5. The number of nitrogens with one attached hydrogen (secondary N) is 1. The lowest BCUT2D eigenvalue weighted by molar-refractivity contribution is -0.149. The molecule has 0 atom stereocenters. The molecule has 3 heteroatoms. The van der Waals surface area contributed by atoms with E-state index >= 15 is 0 Å². The van der Waals surface area contributed by atoms with Gasteiger partial charge in [0.1, 0.15) is 0 Å². The average molecular weight is 157 g/mol. The molecule has 0 aliphatic rings. The second-order valence-electron chi connectivity index (χ2n) is 2.14. The van der Waals surface area contributed by atoms with Crippen LogP contribution >= 0.6 is 0 Å². The maximum absolute atomic E-state index is 10.7. The van der Waals surface area contributed by atoms with Gasteiger partial charge in [-0.2, -0.15) is 5.48 Å². The van der Waals surface area contributed by atoms with Crippen molar-refractivity contribution in [2.45, 2.75) is 26.2 Å². The van der Waals surface area contributed by atoms with Gasteiger partial charge in [0, 0.05) is 13.5 Å². The van der Waals surface area contributed by atoms with Crippen molar-refractivity contribution in [3.05, 3.63) is 12.2 Å². The molecular weight excluding hydrogens is 142 g/mol. The fraction of sp³-hybridized carbons (Fsp3) is 0.625. The summed E-state index contributed by atoms with van der Waals surface area (Å²) >= 11 is 0. The van der Waals surface area contributed by atoms with E-state index in [0.29, 0.717) is 6.42 Å². The molecule has 0 bridgehead atoms. The second kappa shape index (κ2) is 7.28. The number of carbonyl (C=O) groups is 1. The Labute approximate surface area is 67.4 Å². The molecule has 0 saturated heterocycles. The number of hydrogen-bond acceptors (Lipinski definition) is 3. The van der Waals surface area contributed by atoms with E-state index in [0.717, 1.165) is 12.8 Å². The van der Waals surface area contributed by atoms with Gasteiger partial charge >= 0.3 is 5.97 Å². The molecule has 0 aliphatic carbocycles. The van der Waals surface area contributed by atoms with Crippen molar-refractivity contribution >= 4 is 5.97 Å². The van der Waals surface area contributed by atoms with Crippen LogP contribution in [0.5, 0.6) is 0 Å². The van der Waals surface area contributed by atoms with Gasteiger partial charge in [0.15, 0.2) is 0 Å². The van der Waals surface area contributed by atoms with Crippen LogP contribution in [0.25, 0.3) is 0 Å². The number of hydroxylamine groups is 1. The Bertz CT molecular complexity index is 132. The van der Waals surface area contributed by atoms with Gasteiger partial charge in [-0.25, -0.2) is 0 Å². The fourth-order valence-electron chi connectivity index (χ4n) is 0.696. The molecule has 3 nitrogen and oxygen atoms in total. The monoisotopic (exact) mass is 157 g/mol. The van der Waals surface area contributed by atoms with Crippen molar-refractivity contribution in [1.29, 1.82) is 0 Å². The summed E-state index contributed by atoms with van der Waals surface area (Å²) in [7, 11) is 1.57. The van der Waals surface area contributed by atoms with Gasteiger partial charge in [0.2, 0.25) is 0 Å². The zero-order chi connectivity index (χ0) is 8.53. The normalized spacial score (nSPS) is 10.4. The Balaban J connectivity index is 3.17. The summed E-state index contributed by atoms with van der Waals surface area (Å²) in [5.41, 5.74) is 2.34. The van der Waals surface area contributed by atoms with Crippen LogP contribution in [0.4, 0.5) is 0 Å². The highest BCUT2D eigenvalue weighted by atomic mass is 16.7. The van der Waals surface area contributed by atoms with Gasteiger partial charge < -0.3 is 4.84 Å². The van der Waals surface area contributed by atoms with Crippen molar-refractivity contribution in [2.75, 3.05) is 7.05 Å². The van der Waals surface area contributed by atoms with Crippen LogP contribution in [0.2, 0.25) is 0 Å². The highest BCUT2D eigenvalue weighted by Crippen LogP contribution is 1.97. The largest absolute Gasteiger partial charge is 0.371 e. The van der Waals surface area contributed by atoms with Gasteiger partial charge in [-0.3, -0.25) is 4.79 Å². The molecule has 0 radical (unpaired) electrons. The van der Waals surface area contributed by atoms with Crippen LogP contribution in [0, 0.1) is 0 Å². The second-order valence-corrected chi connectivity index (χ2v) is 2.14. The molecule has 0 amide bonds. The van der Waals surface area contributed by atoms with Crippen LogP contribution in [0.15, 0.2) is 12.2 Å². The molecule has 0 aromatic carbocycles. The molecular formula is C8H15NO2. The Kier molecular flexibility index (Phi) is 6.73. The van der Waals surface area contributed by atoms with Gasteiger partial charge in [-0.15, -0.1) is 0 Å². The third-order valence-electron chi connectivity index (χ3n) is 1.20. The van der Waals surface area contributed by atoms with E-state index in [9.17, 15) is 4.79 Å². The summed E-state index contributed by atoms with van der Waals surface area (Å²) in [6.07, 6.45) is 6.28. The molecule has 0 aromatic heterocycles. The van der Waals surface area contributed by atoms with Crippen LogP contribution < -0.4 is 5.48 Å². The van der Waals surface area contributed by atoms with Crippen LogP contribution in [0.1, 0.15) is 26.2 Å². The van der Waals surface area contributed by atoms with E-state index in [1.807, 2.05) is 19.1 Å². The first kappa shape index (κ1) is 10.2. The Hall–Kier alpha value is -0.830. The molecule has 0 fully saturated rings. The molecule has 0 unspecified atom stereocenters. The van der Waals surface area contributed by atoms with Gasteiger partial charge in [-0.1, -0.05) is 12.2 Å². The van der Waals surface area contributed by atoms with E-state index < -0.39 is 0 Å². The minimum atomic E-state index is -0.197. The van der Waals surface area contributed by atoms with Crippen molar-refractivity contribution in [1.82, 2.24) is 5.48 Å². The molecule has 0 spiro atoms. The minimum absolute atomic E-state index is 0.197. The van der Waals surface area contributed by atoms with E-state index in [1.54, 1.807) is 7.05 Å².